The first-order valence-corrected chi connectivity index (χ1v) is 9.05. The molecule has 0 saturated carbocycles. The van der Waals surface area contributed by atoms with Gasteiger partial charge in [0, 0.05) is 18.7 Å². The summed E-state index contributed by atoms with van der Waals surface area (Å²) in [5.41, 5.74) is 2.60. The second-order valence-electron chi connectivity index (χ2n) is 7.05. The minimum absolute atomic E-state index is 0.224. The number of methoxy groups -OCH3 is 1. The summed E-state index contributed by atoms with van der Waals surface area (Å²) in [6.45, 7) is 1.81. The molecule has 1 atom stereocenters. The van der Waals surface area contributed by atoms with Crippen LogP contribution in [0.15, 0.2) is 60.3 Å². The molecule has 4 rings (SSSR count). The summed E-state index contributed by atoms with van der Waals surface area (Å²) in [6, 6.07) is 17.3. The molecule has 2 aliphatic rings. The molecule has 134 valence electrons. The van der Waals surface area contributed by atoms with Crippen LogP contribution in [-0.4, -0.2) is 36.7 Å². The van der Waals surface area contributed by atoms with Crippen LogP contribution in [0.25, 0.3) is 6.08 Å². The van der Waals surface area contributed by atoms with Crippen molar-refractivity contribution in [2.45, 2.75) is 24.9 Å². The zero-order valence-corrected chi connectivity index (χ0v) is 15.0. The smallest absolute Gasteiger partial charge is 0.338 e. The monoisotopic (exact) mass is 349 g/mol. The number of carbonyl (C=O) groups is 1. The fraction of sp³-hybridized carbons (Fsp3) is 0.318. The van der Waals surface area contributed by atoms with Crippen molar-refractivity contribution in [1.29, 1.82) is 0 Å². The Bertz CT molecular complexity index is 813. The van der Waals surface area contributed by atoms with Gasteiger partial charge in [0.1, 0.15) is 11.4 Å². The number of rotatable bonds is 4. The number of piperidine rings is 1. The Morgan fingerprint density at radius 2 is 1.88 bits per heavy atom. The lowest BCUT2D eigenvalue weighted by Gasteiger charge is -2.33. The summed E-state index contributed by atoms with van der Waals surface area (Å²) in [7, 11) is 1.67. The maximum Gasteiger partial charge on any atom is 0.338 e. The van der Waals surface area contributed by atoms with Gasteiger partial charge in [-0.3, -0.25) is 0 Å². The minimum atomic E-state index is -0.399. The standard InChI is InChI=1S/C22H23NO3/c1-25-20-10-8-17(9-11-20)14-19-15-22(12-5-13-23(19)16-22)26-21(24)18-6-3-2-4-7-18/h2-4,6-11,14H,5,12-13,15-16H2,1H3/b19-14+. The van der Waals surface area contributed by atoms with Gasteiger partial charge in [0.15, 0.2) is 0 Å². The van der Waals surface area contributed by atoms with Gasteiger partial charge in [0.25, 0.3) is 0 Å². The van der Waals surface area contributed by atoms with Gasteiger partial charge in [-0.2, -0.15) is 0 Å². The van der Waals surface area contributed by atoms with Crippen LogP contribution in [-0.2, 0) is 4.74 Å². The molecule has 2 bridgehead atoms. The maximum atomic E-state index is 12.6. The van der Waals surface area contributed by atoms with E-state index in [9.17, 15) is 4.79 Å². The Kier molecular flexibility index (Phi) is 4.41. The summed E-state index contributed by atoms with van der Waals surface area (Å²) in [4.78, 5) is 14.9. The van der Waals surface area contributed by atoms with E-state index in [0.717, 1.165) is 43.7 Å². The molecule has 2 saturated heterocycles. The van der Waals surface area contributed by atoms with Crippen molar-refractivity contribution >= 4 is 12.0 Å². The molecule has 4 heteroatoms. The van der Waals surface area contributed by atoms with Gasteiger partial charge >= 0.3 is 5.97 Å². The van der Waals surface area contributed by atoms with Crippen LogP contribution in [0.2, 0.25) is 0 Å². The highest BCUT2D eigenvalue weighted by Gasteiger charge is 2.46. The molecule has 0 amide bonds. The molecule has 2 aromatic rings. The summed E-state index contributed by atoms with van der Waals surface area (Å²) >= 11 is 0. The number of hydrogen-bond acceptors (Lipinski definition) is 4. The molecule has 0 spiro atoms. The molecular formula is C22H23NO3. The predicted molar refractivity (Wildman–Crippen MR) is 101 cm³/mol. The van der Waals surface area contributed by atoms with Crippen molar-refractivity contribution in [2.24, 2.45) is 0 Å². The van der Waals surface area contributed by atoms with Crippen LogP contribution in [0.1, 0.15) is 35.2 Å². The quantitative estimate of drug-likeness (QED) is 0.778. The molecule has 26 heavy (non-hydrogen) atoms. The van der Waals surface area contributed by atoms with Crippen molar-refractivity contribution < 1.29 is 14.3 Å². The number of benzene rings is 2. The van der Waals surface area contributed by atoms with Crippen molar-refractivity contribution in [3.05, 3.63) is 71.4 Å². The number of nitrogens with zero attached hydrogens (tertiary/aromatic N) is 1. The number of fused-ring (bicyclic) bond motifs is 2. The zero-order valence-electron chi connectivity index (χ0n) is 15.0. The number of esters is 1. The average molecular weight is 349 g/mol. The lowest BCUT2D eigenvalue weighted by Crippen LogP contribution is -2.42. The Hall–Kier alpha value is -2.75. The molecule has 0 aromatic heterocycles. The summed E-state index contributed by atoms with van der Waals surface area (Å²) in [5, 5.41) is 0. The van der Waals surface area contributed by atoms with E-state index in [1.165, 1.54) is 5.70 Å². The highest BCUT2D eigenvalue weighted by molar-refractivity contribution is 5.89. The maximum absolute atomic E-state index is 12.6. The van der Waals surface area contributed by atoms with Crippen LogP contribution in [0, 0.1) is 0 Å². The Labute approximate surface area is 154 Å². The van der Waals surface area contributed by atoms with Crippen molar-refractivity contribution in [3.63, 3.8) is 0 Å². The van der Waals surface area contributed by atoms with E-state index in [0.29, 0.717) is 5.56 Å². The van der Waals surface area contributed by atoms with E-state index in [1.807, 2.05) is 42.5 Å². The van der Waals surface area contributed by atoms with E-state index in [4.69, 9.17) is 9.47 Å². The highest BCUT2D eigenvalue weighted by atomic mass is 16.6. The minimum Gasteiger partial charge on any atom is -0.497 e. The van der Waals surface area contributed by atoms with Crippen LogP contribution in [0.3, 0.4) is 0 Å². The van der Waals surface area contributed by atoms with Gasteiger partial charge < -0.3 is 14.4 Å². The third-order valence-corrected chi connectivity index (χ3v) is 5.22. The summed E-state index contributed by atoms with van der Waals surface area (Å²) in [5.74, 6) is 0.629. The van der Waals surface area contributed by atoms with Crippen molar-refractivity contribution in [2.75, 3.05) is 20.2 Å². The first kappa shape index (κ1) is 16.7. The highest BCUT2D eigenvalue weighted by Crippen LogP contribution is 2.41. The zero-order chi connectivity index (χ0) is 18.0. The van der Waals surface area contributed by atoms with E-state index in [-0.39, 0.29) is 5.97 Å². The third kappa shape index (κ3) is 3.32. The number of carbonyl (C=O) groups excluding carboxylic acids is 1. The fourth-order valence-electron chi connectivity index (χ4n) is 3.91. The molecular weight excluding hydrogens is 326 g/mol. The molecule has 4 nitrogen and oxygen atoms in total. The lowest BCUT2D eigenvalue weighted by atomic mass is 9.94. The average Bonchev–Trinajstić information content (AvgIpc) is 2.92. The van der Waals surface area contributed by atoms with Gasteiger partial charge in [0.05, 0.1) is 19.2 Å². The predicted octanol–water partition coefficient (Wildman–Crippen LogP) is 4.13. The first-order chi connectivity index (χ1) is 12.7. The second kappa shape index (κ2) is 6.87. The SMILES string of the molecule is COc1ccc(/C=C2\CC3(OC(=O)c4ccccc4)CCCN2C3)cc1. The van der Waals surface area contributed by atoms with E-state index in [1.54, 1.807) is 7.11 Å². The number of ether oxygens (including phenoxy) is 2. The first-order valence-electron chi connectivity index (χ1n) is 9.05. The molecule has 2 aromatic carbocycles. The van der Waals surface area contributed by atoms with Gasteiger partial charge in [-0.05, 0) is 48.7 Å². The summed E-state index contributed by atoms with van der Waals surface area (Å²) in [6.07, 6.45) is 4.94. The van der Waals surface area contributed by atoms with Gasteiger partial charge in [-0.15, -0.1) is 0 Å². The molecule has 2 heterocycles. The van der Waals surface area contributed by atoms with Gasteiger partial charge in [0.2, 0.25) is 0 Å². The van der Waals surface area contributed by atoms with E-state index < -0.39 is 5.60 Å². The van der Waals surface area contributed by atoms with E-state index in [2.05, 4.69) is 23.1 Å². The normalized spacial score (nSPS) is 23.1. The Morgan fingerprint density at radius 3 is 2.62 bits per heavy atom. The summed E-state index contributed by atoms with van der Waals surface area (Å²) < 4.78 is 11.2. The fourth-order valence-corrected chi connectivity index (χ4v) is 3.91. The molecule has 1 unspecified atom stereocenters. The van der Waals surface area contributed by atoms with Gasteiger partial charge in [-0.1, -0.05) is 30.3 Å². The van der Waals surface area contributed by atoms with Crippen molar-refractivity contribution in [3.8, 4) is 5.75 Å². The van der Waals surface area contributed by atoms with Crippen molar-refractivity contribution in [1.82, 2.24) is 4.90 Å². The largest absolute Gasteiger partial charge is 0.497 e. The molecule has 2 aliphatic heterocycles. The Balaban J connectivity index is 1.53. The Morgan fingerprint density at radius 1 is 1.12 bits per heavy atom. The molecule has 0 N–H and O–H groups in total. The third-order valence-electron chi connectivity index (χ3n) is 5.22. The van der Waals surface area contributed by atoms with Gasteiger partial charge in [-0.25, -0.2) is 4.79 Å². The van der Waals surface area contributed by atoms with Crippen LogP contribution in [0.4, 0.5) is 0 Å². The van der Waals surface area contributed by atoms with Crippen LogP contribution in [0.5, 0.6) is 5.75 Å². The molecule has 2 fully saturated rings. The van der Waals surface area contributed by atoms with E-state index >= 15 is 0 Å². The lowest BCUT2D eigenvalue weighted by molar-refractivity contribution is -0.0270. The van der Waals surface area contributed by atoms with Crippen LogP contribution < -0.4 is 4.74 Å². The molecule has 0 radical (unpaired) electrons. The topological polar surface area (TPSA) is 38.8 Å². The molecule has 0 aliphatic carbocycles. The number of hydrogen-bond donors (Lipinski definition) is 0. The second-order valence-corrected chi connectivity index (χ2v) is 7.05. The van der Waals surface area contributed by atoms with Crippen LogP contribution >= 0.6 is 0 Å².